The predicted molar refractivity (Wildman–Crippen MR) is 139 cm³/mol. The first kappa shape index (κ1) is 23.7. The highest BCUT2D eigenvalue weighted by Gasteiger charge is 2.31. The van der Waals surface area contributed by atoms with Gasteiger partial charge in [0, 0.05) is 81.9 Å². The first-order chi connectivity index (χ1) is 18.0. The topological polar surface area (TPSA) is 92.2 Å². The minimum absolute atomic E-state index is 0.112. The van der Waals surface area contributed by atoms with Gasteiger partial charge < -0.3 is 14.5 Å². The van der Waals surface area contributed by atoms with Gasteiger partial charge in [-0.2, -0.15) is 15.5 Å². The van der Waals surface area contributed by atoms with Crippen LogP contribution in [0.25, 0.3) is 11.1 Å². The number of hydrogen-bond donors (Lipinski definition) is 0. The van der Waals surface area contributed by atoms with E-state index in [2.05, 4.69) is 38.9 Å². The van der Waals surface area contributed by atoms with E-state index in [9.17, 15) is 10.1 Å². The second-order valence-electron chi connectivity index (χ2n) is 10.5. The lowest BCUT2D eigenvalue weighted by atomic mass is 9.96. The molecule has 2 aromatic heterocycles. The Balaban J connectivity index is 1.36. The molecule has 0 bridgehead atoms. The van der Waals surface area contributed by atoms with Crippen LogP contribution in [0.2, 0.25) is 0 Å². The summed E-state index contributed by atoms with van der Waals surface area (Å²) >= 11 is 0. The molecule has 9 heteroatoms. The largest absolute Gasteiger partial charge is 0.381 e. The van der Waals surface area contributed by atoms with Gasteiger partial charge in [-0.05, 0) is 54.9 Å². The zero-order chi connectivity index (χ0) is 25.5. The van der Waals surface area contributed by atoms with Crippen LogP contribution in [0.1, 0.15) is 48.7 Å². The van der Waals surface area contributed by atoms with Gasteiger partial charge >= 0.3 is 0 Å². The first-order valence-electron chi connectivity index (χ1n) is 13.3. The lowest BCUT2D eigenvalue weighted by Gasteiger charge is -2.32. The van der Waals surface area contributed by atoms with Crippen LogP contribution < -0.4 is 4.90 Å². The maximum absolute atomic E-state index is 12.3. The smallest absolute Gasteiger partial charge is 0.219 e. The molecule has 0 N–H and O–H groups in total. The molecule has 3 aliphatic heterocycles. The van der Waals surface area contributed by atoms with Crippen molar-refractivity contribution in [2.24, 2.45) is 13.0 Å². The Morgan fingerprint density at radius 2 is 2.14 bits per heavy atom. The third-order valence-corrected chi connectivity index (χ3v) is 8.03. The highest BCUT2D eigenvalue weighted by molar-refractivity contribution is 5.77. The molecule has 1 aromatic carbocycles. The van der Waals surface area contributed by atoms with Gasteiger partial charge in [-0.15, -0.1) is 0 Å². The highest BCUT2D eigenvalue weighted by atomic mass is 16.5. The molecule has 3 aromatic rings. The van der Waals surface area contributed by atoms with Crippen LogP contribution in [0, 0.1) is 17.2 Å². The Kier molecular flexibility index (Phi) is 6.21. The van der Waals surface area contributed by atoms with Crippen molar-refractivity contribution in [1.29, 1.82) is 5.26 Å². The van der Waals surface area contributed by atoms with Crippen LogP contribution in [-0.2, 0) is 42.5 Å². The molecule has 37 heavy (non-hydrogen) atoms. The van der Waals surface area contributed by atoms with E-state index in [4.69, 9.17) is 9.84 Å². The molecule has 6 rings (SSSR count). The summed E-state index contributed by atoms with van der Waals surface area (Å²) in [7, 11) is 1.84. The zero-order valence-corrected chi connectivity index (χ0v) is 21.6. The quantitative estimate of drug-likeness (QED) is 0.533. The number of hydrogen-bond acceptors (Lipinski definition) is 6. The van der Waals surface area contributed by atoms with E-state index >= 15 is 0 Å². The number of carbonyl (C=O) groups is 1. The molecule has 0 aliphatic carbocycles. The molecule has 1 atom stereocenters. The fourth-order valence-electron chi connectivity index (χ4n) is 6.03. The molecule has 5 heterocycles. The summed E-state index contributed by atoms with van der Waals surface area (Å²) in [6, 6.07) is 8.66. The van der Waals surface area contributed by atoms with Crippen molar-refractivity contribution in [3.8, 4) is 17.2 Å². The summed E-state index contributed by atoms with van der Waals surface area (Å²) in [5.41, 5.74) is 7.18. The fourth-order valence-corrected chi connectivity index (χ4v) is 6.03. The van der Waals surface area contributed by atoms with E-state index in [0.29, 0.717) is 18.2 Å². The van der Waals surface area contributed by atoms with Crippen molar-refractivity contribution < 1.29 is 9.53 Å². The number of anilines is 2. The molecule has 1 amide bonds. The van der Waals surface area contributed by atoms with E-state index in [1.165, 1.54) is 16.8 Å². The Morgan fingerprint density at radius 1 is 1.24 bits per heavy atom. The third-order valence-electron chi connectivity index (χ3n) is 8.03. The molecule has 0 spiro atoms. The number of aryl methyl sites for hydroxylation is 3. The summed E-state index contributed by atoms with van der Waals surface area (Å²) < 4.78 is 9.49. The number of amides is 1. The first-order valence-corrected chi connectivity index (χ1v) is 13.3. The van der Waals surface area contributed by atoms with Gasteiger partial charge in [0.25, 0.3) is 0 Å². The lowest BCUT2D eigenvalue weighted by Crippen LogP contribution is -2.35. The maximum atomic E-state index is 12.3. The Labute approximate surface area is 217 Å². The van der Waals surface area contributed by atoms with Crippen LogP contribution in [0.4, 0.5) is 11.5 Å². The number of rotatable bonds is 5. The van der Waals surface area contributed by atoms with Crippen molar-refractivity contribution in [2.75, 3.05) is 31.2 Å². The van der Waals surface area contributed by atoms with Crippen LogP contribution in [0.15, 0.2) is 24.4 Å². The van der Waals surface area contributed by atoms with E-state index in [1.807, 2.05) is 18.1 Å². The molecule has 1 saturated heterocycles. The molecule has 0 radical (unpaired) electrons. The second-order valence-corrected chi connectivity index (χ2v) is 10.5. The van der Waals surface area contributed by atoms with Gasteiger partial charge in [0.2, 0.25) is 5.91 Å². The molecular formula is C28H33N7O2. The van der Waals surface area contributed by atoms with E-state index in [-0.39, 0.29) is 5.91 Å². The minimum Gasteiger partial charge on any atom is -0.381 e. The van der Waals surface area contributed by atoms with Gasteiger partial charge in [-0.1, -0.05) is 6.07 Å². The fraction of sp³-hybridized carbons (Fsp3) is 0.500. The summed E-state index contributed by atoms with van der Waals surface area (Å²) in [5, 5.41) is 19.0. The normalized spacial score (nSPS) is 19.0. The molecule has 1 fully saturated rings. The second kappa shape index (κ2) is 9.67. The highest BCUT2D eigenvalue weighted by Crippen LogP contribution is 2.39. The van der Waals surface area contributed by atoms with E-state index < -0.39 is 0 Å². The molecular weight excluding hydrogens is 466 g/mol. The summed E-state index contributed by atoms with van der Waals surface area (Å²) in [6.07, 6.45) is 6.93. The average molecular weight is 500 g/mol. The molecule has 192 valence electrons. The van der Waals surface area contributed by atoms with Crippen molar-refractivity contribution in [3.63, 3.8) is 0 Å². The molecule has 0 saturated carbocycles. The SMILES string of the molecule is CC(=O)N1CCc2c(c(N3CCCc4cc(-c5cn(C)nc5C#N)ccc43)nn2CC[C@H]2CCOC2)C1. The van der Waals surface area contributed by atoms with Gasteiger partial charge in [-0.25, -0.2) is 0 Å². The number of fused-ring (bicyclic) bond motifs is 2. The number of carbonyl (C=O) groups excluding carboxylic acids is 1. The van der Waals surface area contributed by atoms with Gasteiger partial charge in [-0.3, -0.25) is 14.2 Å². The summed E-state index contributed by atoms with van der Waals surface area (Å²) in [6.45, 7) is 6.49. The average Bonchev–Trinajstić information content (AvgIpc) is 3.65. The standard InChI is InChI=1S/C28H33N7O2/c1-19(36)33-11-8-27-24(17-33)28(31-35(27)12-7-20-9-13-37-18-20)34-10-3-4-22-14-21(5-6-26(22)34)23-16-32(2)30-25(23)15-29/h5-6,14,16,20H,3-4,7-13,17-18H2,1-2H3/t20-/m0/s1. The molecule has 3 aliphatic rings. The van der Waals surface area contributed by atoms with Crippen molar-refractivity contribution >= 4 is 17.4 Å². The minimum atomic E-state index is 0.112. The van der Waals surface area contributed by atoms with Crippen LogP contribution >= 0.6 is 0 Å². The monoisotopic (exact) mass is 499 g/mol. The van der Waals surface area contributed by atoms with Crippen molar-refractivity contribution in [3.05, 3.63) is 46.9 Å². The lowest BCUT2D eigenvalue weighted by molar-refractivity contribution is -0.129. The zero-order valence-electron chi connectivity index (χ0n) is 21.6. The van der Waals surface area contributed by atoms with Crippen LogP contribution in [0.3, 0.4) is 0 Å². The molecule has 9 nitrogen and oxygen atoms in total. The summed E-state index contributed by atoms with van der Waals surface area (Å²) in [4.78, 5) is 16.5. The number of ether oxygens (including phenoxy) is 1. The Morgan fingerprint density at radius 3 is 2.92 bits per heavy atom. The predicted octanol–water partition coefficient (Wildman–Crippen LogP) is 3.57. The van der Waals surface area contributed by atoms with Gasteiger partial charge in [0.1, 0.15) is 6.07 Å². The number of benzene rings is 1. The molecule has 0 unspecified atom stereocenters. The number of aromatic nitrogens is 4. The Bertz CT molecular complexity index is 1380. The number of nitrogens with zero attached hydrogens (tertiary/aromatic N) is 7. The Hall–Kier alpha value is -3.64. The van der Waals surface area contributed by atoms with Crippen LogP contribution in [0.5, 0.6) is 0 Å². The van der Waals surface area contributed by atoms with E-state index in [1.54, 1.807) is 11.6 Å². The summed E-state index contributed by atoms with van der Waals surface area (Å²) in [5.74, 6) is 1.69. The van der Waals surface area contributed by atoms with Crippen LogP contribution in [-0.4, -0.2) is 56.7 Å². The third kappa shape index (κ3) is 4.40. The van der Waals surface area contributed by atoms with Crippen molar-refractivity contribution in [2.45, 2.75) is 52.1 Å². The number of nitriles is 1. The van der Waals surface area contributed by atoms with Crippen molar-refractivity contribution in [1.82, 2.24) is 24.5 Å². The van der Waals surface area contributed by atoms with Gasteiger partial charge in [0.15, 0.2) is 11.5 Å². The van der Waals surface area contributed by atoms with Gasteiger partial charge in [0.05, 0.1) is 6.54 Å². The van der Waals surface area contributed by atoms with E-state index in [0.717, 1.165) is 87.6 Å². The maximum Gasteiger partial charge on any atom is 0.219 e.